The third-order valence-electron chi connectivity index (χ3n) is 6.49. The highest BCUT2D eigenvalue weighted by Gasteiger charge is 2.37. The van der Waals surface area contributed by atoms with Crippen LogP contribution in [0.4, 0.5) is 4.79 Å². The molecule has 5 nitrogen and oxygen atoms in total. The molecule has 2 heterocycles. The summed E-state index contributed by atoms with van der Waals surface area (Å²) in [5, 5.41) is 3.34. The van der Waals surface area contributed by atoms with Gasteiger partial charge in [0.1, 0.15) is 0 Å². The third kappa shape index (κ3) is 4.29. The number of carbonyl (C=O) groups excluding carboxylic acids is 2. The molecule has 3 rings (SSSR count). The summed E-state index contributed by atoms with van der Waals surface area (Å²) in [5.74, 6) is 0.864. The molecule has 2 unspecified atom stereocenters. The van der Waals surface area contributed by atoms with Crippen molar-refractivity contribution in [2.75, 3.05) is 19.6 Å². The predicted octanol–water partition coefficient (Wildman–Crippen LogP) is 3.39. The molecule has 2 atom stereocenters. The highest BCUT2D eigenvalue weighted by Crippen LogP contribution is 2.38. The number of hydrogen-bond acceptors (Lipinski definition) is 2. The molecular weight excluding hydrogens is 314 g/mol. The van der Waals surface area contributed by atoms with Gasteiger partial charge in [0.15, 0.2) is 0 Å². The second-order valence-electron chi connectivity index (χ2n) is 9.22. The van der Waals surface area contributed by atoms with Crippen molar-refractivity contribution >= 4 is 11.9 Å². The summed E-state index contributed by atoms with van der Waals surface area (Å²) in [5.41, 5.74) is 0.238. The molecule has 3 aliphatic rings. The highest BCUT2D eigenvalue weighted by molar-refractivity contribution is 5.78. The highest BCUT2D eigenvalue weighted by atomic mass is 16.2. The summed E-state index contributed by atoms with van der Waals surface area (Å²) in [6.45, 7) is 9.33. The first-order valence-electron chi connectivity index (χ1n) is 10.2. The monoisotopic (exact) mass is 349 g/mol. The van der Waals surface area contributed by atoms with Crippen LogP contribution in [-0.2, 0) is 4.79 Å². The van der Waals surface area contributed by atoms with Gasteiger partial charge in [-0.05, 0) is 43.4 Å². The molecule has 2 aliphatic heterocycles. The number of nitrogens with one attached hydrogen (secondary N) is 1. The lowest BCUT2D eigenvalue weighted by atomic mass is 9.69. The van der Waals surface area contributed by atoms with Crippen LogP contribution in [0.1, 0.15) is 72.1 Å². The fourth-order valence-electron chi connectivity index (χ4n) is 5.03. The average Bonchev–Trinajstić information content (AvgIpc) is 3.00. The van der Waals surface area contributed by atoms with Gasteiger partial charge in [-0.1, -0.05) is 33.6 Å². The van der Waals surface area contributed by atoms with Crippen LogP contribution in [0.5, 0.6) is 0 Å². The van der Waals surface area contributed by atoms with Crippen LogP contribution in [-0.4, -0.2) is 53.5 Å². The Kier molecular flexibility index (Phi) is 5.59. The number of amides is 3. The lowest BCUT2D eigenvalue weighted by Crippen LogP contribution is -2.54. The van der Waals surface area contributed by atoms with Crippen LogP contribution in [0, 0.1) is 11.3 Å². The van der Waals surface area contributed by atoms with Gasteiger partial charge in [-0.25, -0.2) is 4.79 Å². The number of carbonyl (C=O) groups is 2. The van der Waals surface area contributed by atoms with E-state index in [9.17, 15) is 9.59 Å². The van der Waals surface area contributed by atoms with Crippen molar-refractivity contribution in [2.24, 2.45) is 11.3 Å². The van der Waals surface area contributed by atoms with Crippen molar-refractivity contribution in [3.05, 3.63) is 0 Å². The number of nitrogens with zero attached hydrogens (tertiary/aromatic N) is 2. The van der Waals surface area contributed by atoms with Crippen LogP contribution in [0.15, 0.2) is 0 Å². The second-order valence-corrected chi connectivity index (χ2v) is 9.22. The number of hydrogen-bond donors (Lipinski definition) is 1. The molecule has 142 valence electrons. The topological polar surface area (TPSA) is 52.7 Å². The number of likely N-dealkylation sites (tertiary alicyclic amines) is 2. The lowest BCUT2D eigenvalue weighted by Gasteiger charge is -2.42. The van der Waals surface area contributed by atoms with Gasteiger partial charge < -0.3 is 15.1 Å². The normalized spacial score (nSPS) is 29.2. The van der Waals surface area contributed by atoms with Crippen molar-refractivity contribution in [3.8, 4) is 0 Å². The lowest BCUT2D eigenvalue weighted by molar-refractivity contribution is -0.130. The molecule has 1 saturated carbocycles. The zero-order valence-corrected chi connectivity index (χ0v) is 16.2. The average molecular weight is 350 g/mol. The first-order valence-corrected chi connectivity index (χ1v) is 10.2. The molecule has 5 heteroatoms. The van der Waals surface area contributed by atoms with Crippen molar-refractivity contribution in [1.82, 2.24) is 15.1 Å². The van der Waals surface area contributed by atoms with E-state index in [4.69, 9.17) is 0 Å². The summed E-state index contributed by atoms with van der Waals surface area (Å²) in [7, 11) is 0. The van der Waals surface area contributed by atoms with E-state index < -0.39 is 0 Å². The Hall–Kier alpha value is -1.26. The molecule has 1 N–H and O–H groups in total. The van der Waals surface area contributed by atoms with Gasteiger partial charge >= 0.3 is 6.03 Å². The summed E-state index contributed by atoms with van der Waals surface area (Å²) >= 11 is 0. The standard InChI is InChI=1S/C20H35N3O2/c1-20(2,3)16-7-4-5-8-17(16)21-19(25)22-13-10-15(11-14-22)23-12-6-9-18(23)24/h15-17H,4-14H2,1-3H3,(H,21,25). The van der Waals surface area contributed by atoms with Gasteiger partial charge in [0.05, 0.1) is 0 Å². The van der Waals surface area contributed by atoms with Gasteiger partial charge in [-0.15, -0.1) is 0 Å². The minimum absolute atomic E-state index is 0.104. The van der Waals surface area contributed by atoms with Crippen LogP contribution in [0.3, 0.4) is 0 Å². The maximum atomic E-state index is 12.8. The Bertz CT molecular complexity index is 492. The van der Waals surface area contributed by atoms with E-state index in [0.717, 1.165) is 45.3 Å². The molecule has 1 aliphatic carbocycles. The molecule has 25 heavy (non-hydrogen) atoms. The van der Waals surface area contributed by atoms with Gasteiger partial charge in [-0.2, -0.15) is 0 Å². The molecule has 0 aromatic carbocycles. The van der Waals surface area contributed by atoms with E-state index in [0.29, 0.717) is 30.3 Å². The van der Waals surface area contributed by atoms with Crippen molar-refractivity contribution in [2.45, 2.75) is 84.2 Å². The fraction of sp³-hybridized carbons (Fsp3) is 0.900. The maximum absolute atomic E-state index is 12.8. The summed E-state index contributed by atoms with van der Waals surface area (Å²) < 4.78 is 0. The minimum Gasteiger partial charge on any atom is -0.340 e. The molecule has 3 fully saturated rings. The van der Waals surface area contributed by atoms with Gasteiger partial charge in [0.25, 0.3) is 0 Å². The van der Waals surface area contributed by atoms with E-state index in [-0.39, 0.29) is 11.4 Å². The third-order valence-corrected chi connectivity index (χ3v) is 6.49. The molecule has 0 radical (unpaired) electrons. The predicted molar refractivity (Wildman–Crippen MR) is 99.3 cm³/mol. The van der Waals surface area contributed by atoms with E-state index in [1.807, 2.05) is 9.80 Å². The molecule has 3 amide bonds. The Labute approximate surface area is 152 Å². The summed E-state index contributed by atoms with van der Waals surface area (Å²) in [6, 6.07) is 0.752. The molecule has 0 aromatic rings. The second kappa shape index (κ2) is 7.55. The Morgan fingerprint density at radius 2 is 1.68 bits per heavy atom. The maximum Gasteiger partial charge on any atom is 0.317 e. The largest absolute Gasteiger partial charge is 0.340 e. The van der Waals surface area contributed by atoms with E-state index in [1.54, 1.807) is 0 Å². The van der Waals surface area contributed by atoms with Crippen LogP contribution in [0.2, 0.25) is 0 Å². The van der Waals surface area contributed by atoms with Gasteiger partial charge in [0, 0.05) is 38.1 Å². The zero-order valence-electron chi connectivity index (χ0n) is 16.2. The molecular formula is C20H35N3O2. The summed E-state index contributed by atoms with van der Waals surface area (Å²) in [4.78, 5) is 28.7. The van der Waals surface area contributed by atoms with Crippen molar-refractivity contribution < 1.29 is 9.59 Å². The van der Waals surface area contributed by atoms with E-state index in [1.165, 1.54) is 19.3 Å². The molecule has 0 bridgehead atoms. The summed E-state index contributed by atoms with van der Waals surface area (Å²) in [6.07, 6.45) is 8.37. The quantitative estimate of drug-likeness (QED) is 0.831. The van der Waals surface area contributed by atoms with E-state index >= 15 is 0 Å². The Balaban J connectivity index is 1.51. The van der Waals surface area contributed by atoms with Crippen molar-refractivity contribution in [1.29, 1.82) is 0 Å². The van der Waals surface area contributed by atoms with Gasteiger partial charge in [0.2, 0.25) is 5.91 Å². The van der Waals surface area contributed by atoms with Crippen molar-refractivity contribution in [3.63, 3.8) is 0 Å². The van der Waals surface area contributed by atoms with Crippen LogP contribution < -0.4 is 5.32 Å². The first kappa shape index (κ1) is 18.5. The molecule has 0 aromatic heterocycles. The fourth-order valence-corrected chi connectivity index (χ4v) is 5.03. The zero-order chi connectivity index (χ0) is 18.0. The smallest absolute Gasteiger partial charge is 0.317 e. The Morgan fingerprint density at radius 3 is 2.28 bits per heavy atom. The van der Waals surface area contributed by atoms with E-state index in [2.05, 4.69) is 26.1 Å². The first-order chi connectivity index (χ1) is 11.9. The SMILES string of the molecule is CC(C)(C)C1CCCCC1NC(=O)N1CCC(N2CCCC2=O)CC1. The van der Waals surface area contributed by atoms with Gasteiger partial charge in [-0.3, -0.25) is 4.79 Å². The minimum atomic E-state index is 0.104. The Morgan fingerprint density at radius 1 is 1.00 bits per heavy atom. The van der Waals surface area contributed by atoms with Crippen LogP contribution >= 0.6 is 0 Å². The molecule has 0 spiro atoms. The number of piperidine rings is 1. The number of urea groups is 1. The number of rotatable bonds is 2. The van der Waals surface area contributed by atoms with Crippen LogP contribution in [0.25, 0.3) is 0 Å². The molecule has 2 saturated heterocycles.